The van der Waals surface area contributed by atoms with E-state index in [9.17, 15) is 4.21 Å². The molecule has 2 aliphatic rings. The smallest absolute Gasteiger partial charge is 0.285 e. The lowest BCUT2D eigenvalue weighted by Crippen LogP contribution is -2.45. The molecule has 0 bridgehead atoms. The van der Waals surface area contributed by atoms with Gasteiger partial charge in [0.25, 0.3) is 5.12 Å². The quantitative estimate of drug-likeness (QED) is 0.846. The fourth-order valence-electron chi connectivity index (χ4n) is 2.96. The van der Waals surface area contributed by atoms with Gasteiger partial charge in [-0.3, -0.25) is 4.21 Å². The van der Waals surface area contributed by atoms with Crippen molar-refractivity contribution in [3.8, 4) is 5.75 Å². The summed E-state index contributed by atoms with van der Waals surface area (Å²) in [7, 11) is 1.93. The Morgan fingerprint density at radius 1 is 1.12 bits per heavy atom. The molecule has 3 rings (SSSR count). The number of anilines is 2. The first-order chi connectivity index (χ1) is 11.9. The molecule has 1 aromatic rings. The number of rotatable bonds is 2. The number of nitrogens with one attached hydrogen (secondary N) is 2. The molecular formula is C18H23N3O3S. The van der Waals surface area contributed by atoms with Crippen molar-refractivity contribution >= 4 is 28.4 Å². The van der Waals surface area contributed by atoms with E-state index in [4.69, 9.17) is 9.47 Å². The van der Waals surface area contributed by atoms with Crippen LogP contribution >= 0.6 is 0 Å². The van der Waals surface area contributed by atoms with Gasteiger partial charge < -0.3 is 20.1 Å². The van der Waals surface area contributed by atoms with Gasteiger partial charge in [0.05, 0.1) is 42.1 Å². The summed E-state index contributed by atoms with van der Waals surface area (Å²) in [6.07, 6.45) is 1.71. The van der Waals surface area contributed by atoms with Crippen LogP contribution in [-0.4, -0.2) is 35.5 Å². The molecule has 1 spiro atoms. The summed E-state index contributed by atoms with van der Waals surface area (Å²) in [5.41, 5.74) is 4.55. The van der Waals surface area contributed by atoms with Gasteiger partial charge in [-0.05, 0) is 38.5 Å². The average molecular weight is 361 g/mol. The Bertz CT molecular complexity index is 829. The maximum absolute atomic E-state index is 13.2. The molecule has 7 heteroatoms. The van der Waals surface area contributed by atoms with Gasteiger partial charge in [0.1, 0.15) is 11.5 Å². The van der Waals surface area contributed by atoms with E-state index in [1.807, 2.05) is 39.0 Å². The summed E-state index contributed by atoms with van der Waals surface area (Å²) in [6, 6.07) is 5.62. The molecule has 2 heterocycles. The highest BCUT2D eigenvalue weighted by molar-refractivity contribution is 7.86. The van der Waals surface area contributed by atoms with E-state index in [1.54, 1.807) is 20.4 Å². The fraction of sp³-hybridized carbons (Fsp3) is 0.389. The molecule has 0 radical (unpaired) electrons. The summed E-state index contributed by atoms with van der Waals surface area (Å²) in [5.74, 6) is 1.88. The number of methoxy groups -OCH3 is 2. The van der Waals surface area contributed by atoms with Crippen molar-refractivity contribution in [2.24, 2.45) is 4.99 Å². The number of fused-ring (bicyclic) bond motifs is 1. The molecule has 2 N–H and O–H groups in total. The number of nitrogens with zero attached hydrogens (tertiary/aromatic N) is 1. The third-order valence-corrected chi connectivity index (χ3v) is 6.16. The minimum atomic E-state index is -1.33. The van der Waals surface area contributed by atoms with Crippen LogP contribution in [0, 0.1) is 0 Å². The van der Waals surface area contributed by atoms with Crippen LogP contribution in [0.4, 0.5) is 11.4 Å². The summed E-state index contributed by atoms with van der Waals surface area (Å²) >= 11 is 0. The van der Waals surface area contributed by atoms with E-state index in [2.05, 4.69) is 15.6 Å². The number of benzene rings is 1. The zero-order valence-corrected chi connectivity index (χ0v) is 15.9. The maximum atomic E-state index is 13.2. The Morgan fingerprint density at radius 3 is 2.52 bits per heavy atom. The SMILES string of the molecule is COC1=C(C)C=NC2(Nc3ccc(OC)cc3N2)S(=O)CC(C)=C1C. The van der Waals surface area contributed by atoms with Gasteiger partial charge in [0.2, 0.25) is 0 Å². The minimum Gasteiger partial charge on any atom is -0.497 e. The third-order valence-electron chi connectivity index (χ3n) is 4.50. The largest absolute Gasteiger partial charge is 0.497 e. The second kappa shape index (κ2) is 6.55. The molecule has 2 aliphatic heterocycles. The van der Waals surface area contributed by atoms with Crippen LogP contribution in [0.3, 0.4) is 0 Å². The van der Waals surface area contributed by atoms with Crippen molar-refractivity contribution in [3.05, 3.63) is 40.7 Å². The first kappa shape index (κ1) is 17.5. The first-order valence-corrected chi connectivity index (χ1v) is 9.32. The fourth-order valence-corrected chi connectivity index (χ4v) is 4.39. The number of ether oxygens (including phenoxy) is 2. The number of allylic oxidation sites excluding steroid dienone is 2. The van der Waals surface area contributed by atoms with Gasteiger partial charge in [-0.15, -0.1) is 0 Å². The molecule has 0 fully saturated rings. The van der Waals surface area contributed by atoms with E-state index in [0.717, 1.165) is 39.6 Å². The normalized spacial score (nSPS) is 25.7. The second-order valence-corrected chi connectivity index (χ2v) is 7.75. The molecule has 0 aromatic heterocycles. The van der Waals surface area contributed by atoms with E-state index in [-0.39, 0.29) is 0 Å². The van der Waals surface area contributed by atoms with Crippen LogP contribution in [0.2, 0.25) is 0 Å². The molecule has 0 amide bonds. The third kappa shape index (κ3) is 3.04. The zero-order valence-electron chi connectivity index (χ0n) is 15.1. The van der Waals surface area contributed by atoms with Crippen LogP contribution in [0.15, 0.2) is 45.7 Å². The summed E-state index contributed by atoms with van der Waals surface area (Å²) in [5, 5.41) is 5.46. The van der Waals surface area contributed by atoms with Crippen molar-refractivity contribution in [2.75, 3.05) is 30.6 Å². The van der Waals surface area contributed by atoms with E-state index in [0.29, 0.717) is 5.75 Å². The van der Waals surface area contributed by atoms with Gasteiger partial charge in [-0.25, -0.2) is 4.99 Å². The van der Waals surface area contributed by atoms with Crippen molar-refractivity contribution in [1.82, 2.24) is 0 Å². The summed E-state index contributed by atoms with van der Waals surface area (Å²) < 4.78 is 24.0. The summed E-state index contributed by atoms with van der Waals surface area (Å²) in [6.45, 7) is 5.89. The molecule has 2 atom stereocenters. The van der Waals surface area contributed by atoms with Crippen molar-refractivity contribution in [1.29, 1.82) is 0 Å². The Morgan fingerprint density at radius 2 is 1.84 bits per heavy atom. The average Bonchev–Trinajstić information content (AvgIpc) is 2.99. The minimum absolute atomic E-state index is 0.383. The van der Waals surface area contributed by atoms with Gasteiger partial charge in [0, 0.05) is 17.9 Å². The lowest BCUT2D eigenvalue weighted by molar-refractivity contribution is 0.297. The van der Waals surface area contributed by atoms with Gasteiger partial charge >= 0.3 is 0 Å². The van der Waals surface area contributed by atoms with Crippen LogP contribution < -0.4 is 15.4 Å². The van der Waals surface area contributed by atoms with Crippen LogP contribution in [-0.2, 0) is 15.5 Å². The monoisotopic (exact) mass is 361 g/mol. The molecule has 0 aliphatic carbocycles. The number of hydrogen-bond donors (Lipinski definition) is 2. The molecular weight excluding hydrogens is 338 g/mol. The van der Waals surface area contributed by atoms with Crippen molar-refractivity contribution in [2.45, 2.75) is 25.9 Å². The standard InChI is InChI=1S/C18H23N3O3S/c1-11-9-19-18(25(22)10-12(2)13(3)17(11)24-5)20-15-7-6-14(23-4)8-16(15)21-18/h6-9,20-21H,10H2,1-5H3. The topological polar surface area (TPSA) is 71.9 Å². The van der Waals surface area contributed by atoms with Crippen molar-refractivity contribution < 1.29 is 13.7 Å². The second-order valence-electron chi connectivity index (χ2n) is 6.18. The lowest BCUT2D eigenvalue weighted by atomic mass is 10.1. The van der Waals surface area contributed by atoms with Gasteiger partial charge in [0.15, 0.2) is 0 Å². The van der Waals surface area contributed by atoms with E-state index >= 15 is 0 Å². The van der Waals surface area contributed by atoms with E-state index < -0.39 is 15.9 Å². The molecule has 0 saturated heterocycles. The molecule has 6 nitrogen and oxygen atoms in total. The van der Waals surface area contributed by atoms with E-state index in [1.165, 1.54) is 0 Å². The Labute approximate surface area is 150 Å². The molecule has 25 heavy (non-hydrogen) atoms. The maximum Gasteiger partial charge on any atom is 0.285 e. The first-order valence-electron chi connectivity index (χ1n) is 8.00. The number of hydrogen-bond acceptors (Lipinski definition) is 6. The van der Waals surface area contributed by atoms with Crippen molar-refractivity contribution in [3.63, 3.8) is 0 Å². The van der Waals surface area contributed by atoms with Crippen LogP contribution in [0.1, 0.15) is 20.8 Å². The van der Waals surface area contributed by atoms with Crippen LogP contribution in [0.25, 0.3) is 0 Å². The van der Waals surface area contributed by atoms with Gasteiger partial charge in [-0.1, -0.05) is 5.57 Å². The predicted octanol–water partition coefficient (Wildman–Crippen LogP) is 3.23. The highest BCUT2D eigenvalue weighted by atomic mass is 32.2. The summed E-state index contributed by atoms with van der Waals surface area (Å²) in [4.78, 5) is 4.62. The molecule has 2 unspecified atom stereocenters. The van der Waals surface area contributed by atoms with Gasteiger partial charge in [-0.2, -0.15) is 0 Å². The predicted molar refractivity (Wildman–Crippen MR) is 103 cm³/mol. The molecule has 134 valence electrons. The highest BCUT2D eigenvalue weighted by Crippen LogP contribution is 2.39. The molecule has 0 saturated carbocycles. The Kier molecular flexibility index (Phi) is 4.60. The highest BCUT2D eigenvalue weighted by Gasteiger charge is 2.42. The van der Waals surface area contributed by atoms with Crippen LogP contribution in [0.5, 0.6) is 5.75 Å². The number of aliphatic imine (C=N–C) groups is 1. The Hall–Kier alpha value is -2.28. The Balaban J connectivity index is 2.06. The molecule has 1 aromatic carbocycles. The zero-order chi connectivity index (χ0) is 18.2. The lowest BCUT2D eigenvalue weighted by Gasteiger charge is -2.25.